The lowest BCUT2D eigenvalue weighted by Crippen LogP contribution is -2.32. The number of aryl methyl sites for hydroxylation is 2. The normalized spacial score (nSPS) is 11.1. The number of carbonyl (C=O) groups excluding carboxylic acids is 1. The fraction of sp³-hybridized carbons (Fsp3) is 0.190. The van der Waals surface area contributed by atoms with E-state index in [1.807, 2.05) is 68.4 Å². The molecule has 0 spiro atoms. The van der Waals surface area contributed by atoms with Crippen LogP contribution in [0.2, 0.25) is 5.02 Å². The first-order chi connectivity index (χ1) is 13.6. The Kier molecular flexibility index (Phi) is 5.15. The van der Waals surface area contributed by atoms with E-state index in [4.69, 9.17) is 11.6 Å². The summed E-state index contributed by atoms with van der Waals surface area (Å²) in [4.78, 5) is 19.9. The molecule has 142 valence electrons. The van der Waals surface area contributed by atoms with Crippen molar-refractivity contribution >= 4 is 44.2 Å². The number of anilines is 1. The summed E-state index contributed by atoms with van der Waals surface area (Å²) in [6.07, 6.45) is 0. The van der Waals surface area contributed by atoms with Gasteiger partial charge < -0.3 is 0 Å². The molecule has 4 aromatic rings. The number of fused-ring (bicyclic) bond motifs is 1. The number of halogens is 1. The SMILES string of the molecule is CCn1nc(C)cc1C(=O)N(Cc1ccccc1)c1nc2c(Cl)cccc2s1. The zero-order valence-corrected chi connectivity index (χ0v) is 17.2. The van der Waals surface area contributed by atoms with Crippen LogP contribution in [0, 0.1) is 6.92 Å². The van der Waals surface area contributed by atoms with Crippen molar-refractivity contribution in [1.82, 2.24) is 14.8 Å². The first-order valence-corrected chi connectivity index (χ1v) is 10.2. The third kappa shape index (κ3) is 3.53. The van der Waals surface area contributed by atoms with Gasteiger partial charge in [0.25, 0.3) is 5.91 Å². The molecule has 7 heteroatoms. The molecule has 2 heterocycles. The molecule has 0 N–H and O–H groups in total. The van der Waals surface area contributed by atoms with Crippen LogP contribution in [0.1, 0.15) is 28.7 Å². The summed E-state index contributed by atoms with van der Waals surface area (Å²) in [7, 11) is 0. The minimum atomic E-state index is -0.124. The van der Waals surface area contributed by atoms with Crippen molar-refractivity contribution in [1.29, 1.82) is 0 Å². The van der Waals surface area contributed by atoms with Crippen LogP contribution in [0.5, 0.6) is 0 Å². The Morgan fingerprint density at radius 1 is 1.18 bits per heavy atom. The van der Waals surface area contributed by atoms with Gasteiger partial charge in [0, 0.05) is 6.54 Å². The number of para-hydroxylation sites is 1. The number of thiazole rings is 1. The largest absolute Gasteiger partial charge is 0.278 e. The highest BCUT2D eigenvalue weighted by Gasteiger charge is 2.25. The van der Waals surface area contributed by atoms with Gasteiger partial charge in [-0.25, -0.2) is 4.98 Å². The van der Waals surface area contributed by atoms with Gasteiger partial charge in [0.2, 0.25) is 0 Å². The second-order valence-electron chi connectivity index (χ2n) is 6.45. The fourth-order valence-corrected chi connectivity index (χ4v) is 4.37. The molecular formula is C21H19ClN4OS. The van der Waals surface area contributed by atoms with Gasteiger partial charge in [-0.05, 0) is 37.6 Å². The van der Waals surface area contributed by atoms with E-state index in [9.17, 15) is 4.79 Å². The van der Waals surface area contributed by atoms with Crippen molar-refractivity contribution in [2.45, 2.75) is 26.9 Å². The van der Waals surface area contributed by atoms with Gasteiger partial charge in [-0.15, -0.1) is 0 Å². The number of benzene rings is 2. The van der Waals surface area contributed by atoms with Crippen molar-refractivity contribution in [3.05, 3.63) is 76.6 Å². The average molecular weight is 411 g/mol. The average Bonchev–Trinajstić information content (AvgIpc) is 3.30. The van der Waals surface area contributed by atoms with Gasteiger partial charge in [0.05, 0.1) is 22.0 Å². The van der Waals surface area contributed by atoms with Crippen molar-refractivity contribution in [3.63, 3.8) is 0 Å². The lowest BCUT2D eigenvalue weighted by Gasteiger charge is -2.20. The molecule has 0 aliphatic rings. The molecule has 0 aliphatic heterocycles. The van der Waals surface area contributed by atoms with E-state index < -0.39 is 0 Å². The first kappa shape index (κ1) is 18.7. The third-order valence-electron chi connectivity index (χ3n) is 4.44. The van der Waals surface area contributed by atoms with Crippen molar-refractivity contribution < 1.29 is 4.79 Å². The smallest absolute Gasteiger partial charge is 0.278 e. The minimum absolute atomic E-state index is 0.124. The molecule has 0 aliphatic carbocycles. The molecule has 5 nitrogen and oxygen atoms in total. The Bertz CT molecular complexity index is 1140. The van der Waals surface area contributed by atoms with E-state index in [2.05, 4.69) is 10.1 Å². The van der Waals surface area contributed by atoms with Crippen LogP contribution in [0.15, 0.2) is 54.6 Å². The maximum Gasteiger partial charge on any atom is 0.278 e. The second-order valence-corrected chi connectivity index (χ2v) is 7.86. The molecule has 0 bridgehead atoms. The van der Waals surface area contributed by atoms with Gasteiger partial charge in [-0.3, -0.25) is 14.4 Å². The number of hydrogen-bond acceptors (Lipinski definition) is 4. The zero-order valence-electron chi connectivity index (χ0n) is 15.6. The predicted octanol–water partition coefficient (Wildman–Crippen LogP) is 5.32. The molecule has 1 amide bonds. The number of amides is 1. The van der Waals surface area contributed by atoms with Crippen molar-refractivity contribution in [3.8, 4) is 0 Å². The van der Waals surface area contributed by atoms with Crippen LogP contribution in [0.4, 0.5) is 5.13 Å². The molecule has 4 rings (SSSR count). The maximum atomic E-state index is 13.5. The Balaban J connectivity index is 1.81. The van der Waals surface area contributed by atoms with Gasteiger partial charge >= 0.3 is 0 Å². The molecule has 0 radical (unpaired) electrons. The molecule has 28 heavy (non-hydrogen) atoms. The molecule has 0 atom stereocenters. The van der Waals surface area contributed by atoms with Crippen molar-refractivity contribution in [2.75, 3.05) is 4.90 Å². The van der Waals surface area contributed by atoms with E-state index in [1.54, 1.807) is 9.58 Å². The molecule has 0 saturated carbocycles. The van der Waals surface area contributed by atoms with Crippen LogP contribution >= 0.6 is 22.9 Å². The molecule has 0 fully saturated rings. The lowest BCUT2D eigenvalue weighted by atomic mass is 10.2. The van der Waals surface area contributed by atoms with E-state index in [-0.39, 0.29) is 5.91 Å². The Morgan fingerprint density at radius 2 is 1.96 bits per heavy atom. The number of nitrogens with zero attached hydrogens (tertiary/aromatic N) is 4. The molecule has 0 unspecified atom stereocenters. The van der Waals surface area contributed by atoms with E-state index in [0.717, 1.165) is 21.5 Å². The van der Waals surface area contributed by atoms with E-state index in [0.29, 0.717) is 28.9 Å². The molecule has 2 aromatic heterocycles. The summed E-state index contributed by atoms with van der Waals surface area (Å²) in [5, 5.41) is 5.63. The lowest BCUT2D eigenvalue weighted by molar-refractivity contribution is 0.0975. The van der Waals surface area contributed by atoms with E-state index in [1.165, 1.54) is 11.3 Å². The van der Waals surface area contributed by atoms with Crippen LogP contribution in [0.3, 0.4) is 0 Å². The fourth-order valence-electron chi connectivity index (χ4n) is 3.11. The molecule has 2 aromatic carbocycles. The number of carbonyl (C=O) groups is 1. The summed E-state index contributed by atoms with van der Waals surface area (Å²) in [5.41, 5.74) is 3.12. The highest BCUT2D eigenvalue weighted by molar-refractivity contribution is 7.22. The summed E-state index contributed by atoms with van der Waals surface area (Å²) >= 11 is 7.77. The van der Waals surface area contributed by atoms with Crippen LogP contribution < -0.4 is 4.90 Å². The molecular weight excluding hydrogens is 392 g/mol. The van der Waals surface area contributed by atoms with Crippen molar-refractivity contribution in [2.24, 2.45) is 0 Å². The number of rotatable bonds is 5. The summed E-state index contributed by atoms with van der Waals surface area (Å²) < 4.78 is 2.68. The minimum Gasteiger partial charge on any atom is -0.278 e. The monoisotopic (exact) mass is 410 g/mol. The van der Waals surface area contributed by atoms with Gasteiger partial charge in [0.15, 0.2) is 5.13 Å². The number of hydrogen-bond donors (Lipinski definition) is 0. The van der Waals surface area contributed by atoms with Gasteiger partial charge in [-0.1, -0.05) is 59.3 Å². The highest BCUT2D eigenvalue weighted by atomic mass is 35.5. The standard InChI is InChI=1S/C21H19ClN4OS/c1-3-26-17(12-14(2)24-26)20(27)25(13-15-8-5-4-6-9-15)21-23-19-16(22)10-7-11-18(19)28-21/h4-12H,3,13H2,1-2H3. The third-order valence-corrected chi connectivity index (χ3v) is 5.79. The van der Waals surface area contributed by atoms with Crippen LogP contribution in [-0.4, -0.2) is 20.7 Å². The summed E-state index contributed by atoms with van der Waals surface area (Å²) in [6, 6.07) is 17.4. The quantitative estimate of drug-likeness (QED) is 0.447. The second kappa shape index (κ2) is 7.73. The maximum absolute atomic E-state index is 13.5. The number of aromatic nitrogens is 3. The Labute approximate surface area is 172 Å². The highest BCUT2D eigenvalue weighted by Crippen LogP contribution is 2.34. The van der Waals surface area contributed by atoms with E-state index >= 15 is 0 Å². The zero-order chi connectivity index (χ0) is 19.7. The summed E-state index contributed by atoms with van der Waals surface area (Å²) in [5.74, 6) is -0.124. The van der Waals surface area contributed by atoms with Gasteiger partial charge in [-0.2, -0.15) is 5.10 Å². The van der Waals surface area contributed by atoms with Gasteiger partial charge in [0.1, 0.15) is 11.2 Å². The van der Waals surface area contributed by atoms with Crippen LogP contribution in [-0.2, 0) is 13.1 Å². The first-order valence-electron chi connectivity index (χ1n) is 9.02. The molecule has 0 saturated heterocycles. The predicted molar refractivity (Wildman–Crippen MR) is 114 cm³/mol. The summed E-state index contributed by atoms with van der Waals surface area (Å²) in [6.45, 7) is 4.91. The Morgan fingerprint density at radius 3 is 2.68 bits per heavy atom. The topological polar surface area (TPSA) is 51.0 Å². The van der Waals surface area contributed by atoms with Crippen LogP contribution in [0.25, 0.3) is 10.2 Å². The Hall–Kier alpha value is -2.70.